The monoisotopic (exact) mass is 246 g/mol. The van der Waals surface area contributed by atoms with Crippen LogP contribution in [0.1, 0.15) is 32.3 Å². The van der Waals surface area contributed by atoms with Gasteiger partial charge in [0.1, 0.15) is 11.4 Å². The van der Waals surface area contributed by atoms with Gasteiger partial charge in [0, 0.05) is 11.1 Å². The van der Waals surface area contributed by atoms with Gasteiger partial charge in [0.25, 0.3) is 0 Å². The molecule has 0 spiro atoms. The van der Waals surface area contributed by atoms with Crippen LogP contribution < -0.4 is 10.5 Å². The molecule has 0 saturated heterocycles. The highest BCUT2D eigenvalue weighted by Crippen LogP contribution is 2.33. The number of nitrogen functional groups attached to an aromatic ring is 1. The molecule has 0 bridgehead atoms. The molecule has 0 aliphatic carbocycles. The van der Waals surface area contributed by atoms with Crippen molar-refractivity contribution < 1.29 is 9.26 Å². The number of nitrogens with two attached hydrogens (primary N) is 1. The molecule has 1 heterocycles. The third-order valence-electron chi connectivity index (χ3n) is 2.77. The van der Waals surface area contributed by atoms with Crippen LogP contribution in [0, 0.1) is 0 Å². The van der Waals surface area contributed by atoms with E-state index in [1.165, 1.54) is 0 Å². The van der Waals surface area contributed by atoms with Crippen molar-refractivity contribution in [1.29, 1.82) is 0 Å². The lowest BCUT2D eigenvalue weighted by molar-refractivity contribution is 0.340. The fourth-order valence-corrected chi connectivity index (χ4v) is 1.95. The Hall–Kier alpha value is -1.97. The molecule has 0 aliphatic heterocycles. The SMILES string of the molecule is CCOc1ccc(-c2noc(N)c2C(C)C)cc1. The zero-order valence-corrected chi connectivity index (χ0v) is 10.9. The molecule has 18 heavy (non-hydrogen) atoms. The van der Waals surface area contributed by atoms with Crippen molar-refractivity contribution in [1.82, 2.24) is 5.16 Å². The first-order valence-electron chi connectivity index (χ1n) is 6.11. The Morgan fingerprint density at radius 2 is 1.94 bits per heavy atom. The number of nitrogens with zero attached hydrogens (tertiary/aromatic N) is 1. The highest BCUT2D eigenvalue weighted by molar-refractivity contribution is 5.68. The summed E-state index contributed by atoms with van der Waals surface area (Å²) in [4.78, 5) is 0. The molecule has 0 saturated carbocycles. The van der Waals surface area contributed by atoms with Crippen molar-refractivity contribution in [3.8, 4) is 17.0 Å². The molecule has 0 atom stereocenters. The van der Waals surface area contributed by atoms with E-state index in [2.05, 4.69) is 19.0 Å². The minimum Gasteiger partial charge on any atom is -0.494 e. The van der Waals surface area contributed by atoms with Crippen LogP contribution >= 0.6 is 0 Å². The van der Waals surface area contributed by atoms with E-state index in [1.807, 2.05) is 31.2 Å². The van der Waals surface area contributed by atoms with E-state index in [0.29, 0.717) is 12.5 Å². The van der Waals surface area contributed by atoms with Crippen LogP contribution in [0.3, 0.4) is 0 Å². The summed E-state index contributed by atoms with van der Waals surface area (Å²) >= 11 is 0. The topological polar surface area (TPSA) is 61.3 Å². The maximum Gasteiger partial charge on any atom is 0.226 e. The van der Waals surface area contributed by atoms with Gasteiger partial charge in [-0.15, -0.1) is 0 Å². The summed E-state index contributed by atoms with van der Waals surface area (Å²) in [5.41, 5.74) is 8.56. The maximum absolute atomic E-state index is 5.80. The van der Waals surface area contributed by atoms with E-state index < -0.39 is 0 Å². The Labute approximate surface area is 107 Å². The van der Waals surface area contributed by atoms with E-state index in [0.717, 1.165) is 22.6 Å². The molecule has 2 N–H and O–H groups in total. The molecule has 1 aromatic heterocycles. The van der Waals surface area contributed by atoms with Crippen LogP contribution in [0.2, 0.25) is 0 Å². The van der Waals surface area contributed by atoms with Crippen LogP contribution in [-0.4, -0.2) is 11.8 Å². The zero-order chi connectivity index (χ0) is 13.1. The van der Waals surface area contributed by atoms with Crippen molar-refractivity contribution in [2.75, 3.05) is 12.3 Å². The Kier molecular flexibility index (Phi) is 3.55. The van der Waals surface area contributed by atoms with Crippen molar-refractivity contribution in [2.45, 2.75) is 26.7 Å². The van der Waals surface area contributed by atoms with E-state index in [-0.39, 0.29) is 5.92 Å². The molecule has 0 radical (unpaired) electrons. The molecule has 96 valence electrons. The molecular weight excluding hydrogens is 228 g/mol. The molecule has 4 nitrogen and oxygen atoms in total. The number of hydrogen-bond acceptors (Lipinski definition) is 4. The zero-order valence-electron chi connectivity index (χ0n) is 10.9. The summed E-state index contributed by atoms with van der Waals surface area (Å²) in [6.07, 6.45) is 0. The van der Waals surface area contributed by atoms with Gasteiger partial charge in [-0.05, 0) is 37.1 Å². The van der Waals surface area contributed by atoms with E-state index in [1.54, 1.807) is 0 Å². The van der Waals surface area contributed by atoms with E-state index in [9.17, 15) is 0 Å². The number of benzene rings is 1. The van der Waals surface area contributed by atoms with Gasteiger partial charge in [0.2, 0.25) is 5.88 Å². The summed E-state index contributed by atoms with van der Waals surface area (Å²) in [7, 11) is 0. The minimum atomic E-state index is 0.276. The molecular formula is C14H18N2O2. The van der Waals surface area contributed by atoms with Crippen LogP contribution in [0.25, 0.3) is 11.3 Å². The molecule has 0 fully saturated rings. The second-order valence-electron chi connectivity index (χ2n) is 4.42. The highest BCUT2D eigenvalue weighted by Gasteiger charge is 2.18. The number of ether oxygens (including phenoxy) is 1. The fraction of sp³-hybridized carbons (Fsp3) is 0.357. The van der Waals surface area contributed by atoms with Crippen LogP contribution in [-0.2, 0) is 0 Å². The van der Waals surface area contributed by atoms with Crippen LogP contribution in [0.15, 0.2) is 28.8 Å². The first kappa shape index (κ1) is 12.5. The van der Waals surface area contributed by atoms with Crippen molar-refractivity contribution in [2.24, 2.45) is 0 Å². The molecule has 2 aromatic rings. The van der Waals surface area contributed by atoms with E-state index >= 15 is 0 Å². The number of rotatable bonds is 4. The van der Waals surface area contributed by atoms with Gasteiger partial charge >= 0.3 is 0 Å². The average molecular weight is 246 g/mol. The van der Waals surface area contributed by atoms with Gasteiger partial charge in [0.15, 0.2) is 0 Å². The minimum absolute atomic E-state index is 0.276. The molecule has 1 aromatic carbocycles. The van der Waals surface area contributed by atoms with Gasteiger partial charge in [-0.2, -0.15) is 0 Å². The summed E-state index contributed by atoms with van der Waals surface area (Å²) in [5.74, 6) is 1.52. The molecule has 0 aliphatic rings. The number of hydrogen-bond donors (Lipinski definition) is 1. The molecule has 0 unspecified atom stereocenters. The lowest BCUT2D eigenvalue weighted by Gasteiger charge is -2.06. The Morgan fingerprint density at radius 1 is 1.28 bits per heavy atom. The van der Waals surface area contributed by atoms with Gasteiger partial charge in [0.05, 0.1) is 6.61 Å². The predicted molar refractivity (Wildman–Crippen MR) is 71.6 cm³/mol. The van der Waals surface area contributed by atoms with Crippen molar-refractivity contribution >= 4 is 5.88 Å². The van der Waals surface area contributed by atoms with Crippen molar-refractivity contribution in [3.63, 3.8) is 0 Å². The second-order valence-corrected chi connectivity index (χ2v) is 4.42. The van der Waals surface area contributed by atoms with Gasteiger partial charge < -0.3 is 15.0 Å². The van der Waals surface area contributed by atoms with Gasteiger partial charge in [-0.3, -0.25) is 0 Å². The summed E-state index contributed by atoms with van der Waals surface area (Å²) in [6, 6.07) is 7.78. The van der Waals surface area contributed by atoms with Gasteiger partial charge in [-0.1, -0.05) is 19.0 Å². The number of aromatic nitrogens is 1. The van der Waals surface area contributed by atoms with Crippen LogP contribution in [0.4, 0.5) is 5.88 Å². The van der Waals surface area contributed by atoms with Crippen molar-refractivity contribution in [3.05, 3.63) is 29.8 Å². The highest BCUT2D eigenvalue weighted by atomic mass is 16.5. The summed E-state index contributed by atoms with van der Waals surface area (Å²) in [5, 5.41) is 4.04. The quantitative estimate of drug-likeness (QED) is 0.897. The lowest BCUT2D eigenvalue weighted by atomic mass is 9.99. The molecule has 0 amide bonds. The van der Waals surface area contributed by atoms with Gasteiger partial charge in [-0.25, -0.2) is 0 Å². The predicted octanol–water partition coefficient (Wildman–Crippen LogP) is 3.45. The fourth-order valence-electron chi connectivity index (χ4n) is 1.95. The Bertz CT molecular complexity index is 515. The summed E-state index contributed by atoms with van der Waals surface area (Å²) < 4.78 is 10.5. The molecule has 4 heteroatoms. The Balaban J connectivity index is 2.37. The van der Waals surface area contributed by atoms with E-state index in [4.69, 9.17) is 15.0 Å². The Morgan fingerprint density at radius 3 is 2.50 bits per heavy atom. The summed E-state index contributed by atoms with van der Waals surface area (Å²) in [6.45, 7) is 6.76. The molecule has 2 rings (SSSR count). The lowest BCUT2D eigenvalue weighted by Crippen LogP contribution is -1.95. The average Bonchev–Trinajstić information content (AvgIpc) is 2.73. The van der Waals surface area contributed by atoms with Crippen LogP contribution in [0.5, 0.6) is 5.75 Å². The maximum atomic E-state index is 5.80. The smallest absolute Gasteiger partial charge is 0.226 e. The first-order valence-corrected chi connectivity index (χ1v) is 6.11. The standard InChI is InChI=1S/C14H18N2O2/c1-4-17-11-7-5-10(6-8-11)13-12(9(2)3)14(15)18-16-13/h5-9H,4,15H2,1-3H3. The third kappa shape index (κ3) is 2.32. The number of anilines is 1. The normalized spacial score (nSPS) is 10.9. The largest absolute Gasteiger partial charge is 0.494 e. The second kappa shape index (κ2) is 5.12. The third-order valence-corrected chi connectivity index (χ3v) is 2.77. The first-order chi connectivity index (χ1) is 8.63.